The fourth-order valence-electron chi connectivity index (χ4n) is 2.82. The van der Waals surface area contributed by atoms with Crippen molar-refractivity contribution in [2.24, 2.45) is 0 Å². The van der Waals surface area contributed by atoms with Crippen LogP contribution in [0.4, 0.5) is 5.69 Å². The Morgan fingerprint density at radius 3 is 2.28 bits per heavy atom. The van der Waals surface area contributed by atoms with E-state index >= 15 is 0 Å². The third kappa shape index (κ3) is 4.90. The van der Waals surface area contributed by atoms with Crippen molar-refractivity contribution in [1.29, 1.82) is 0 Å². The summed E-state index contributed by atoms with van der Waals surface area (Å²) in [5, 5.41) is 2.78. The summed E-state index contributed by atoms with van der Waals surface area (Å²) >= 11 is 0. The summed E-state index contributed by atoms with van der Waals surface area (Å²) in [5.41, 5.74) is 1.59. The van der Waals surface area contributed by atoms with Crippen molar-refractivity contribution in [3.8, 4) is 11.5 Å². The fourth-order valence-corrected chi connectivity index (χ4v) is 2.82. The van der Waals surface area contributed by atoms with Crippen LogP contribution in [0.1, 0.15) is 15.9 Å². The van der Waals surface area contributed by atoms with Crippen LogP contribution < -0.4 is 14.8 Å². The molecule has 29 heavy (non-hydrogen) atoms. The molecule has 0 heterocycles. The van der Waals surface area contributed by atoms with Crippen LogP contribution in [0.3, 0.4) is 0 Å². The summed E-state index contributed by atoms with van der Waals surface area (Å²) in [4.78, 5) is 26.2. The van der Waals surface area contributed by atoms with Gasteiger partial charge in [0.05, 0.1) is 19.8 Å². The smallest absolute Gasteiger partial charge is 0.259 e. The molecule has 3 aromatic carbocycles. The molecule has 0 aliphatic carbocycles. The molecule has 0 spiro atoms. The van der Waals surface area contributed by atoms with Gasteiger partial charge in [-0.05, 0) is 24.3 Å². The normalized spacial score (nSPS) is 10.9. The molecule has 0 atom stereocenters. The number of anilines is 1. The zero-order valence-corrected chi connectivity index (χ0v) is 16.2. The summed E-state index contributed by atoms with van der Waals surface area (Å²) in [6.07, 6.45) is 1.55. The molecule has 1 N–H and O–H groups in total. The van der Waals surface area contributed by atoms with E-state index in [0.29, 0.717) is 28.3 Å². The van der Waals surface area contributed by atoms with Crippen molar-refractivity contribution in [3.05, 3.63) is 95.6 Å². The van der Waals surface area contributed by atoms with Gasteiger partial charge in [-0.1, -0.05) is 54.6 Å². The Morgan fingerprint density at radius 1 is 0.828 bits per heavy atom. The number of carbonyl (C=O) groups excluding carboxylic acids is 2. The number of ether oxygens (including phenoxy) is 2. The second kappa shape index (κ2) is 9.37. The SMILES string of the molecule is COc1cccc(NC(=O)/C(=C/c2ccccc2OC)C(=O)c2ccccc2)c1. The summed E-state index contributed by atoms with van der Waals surface area (Å²) in [6, 6.07) is 22.8. The maximum absolute atomic E-state index is 13.1. The van der Waals surface area contributed by atoms with Crippen LogP contribution in [0.15, 0.2) is 84.4 Å². The van der Waals surface area contributed by atoms with E-state index in [1.165, 1.54) is 0 Å². The average molecular weight is 387 g/mol. The molecule has 1 amide bonds. The number of amides is 1. The Morgan fingerprint density at radius 2 is 1.55 bits per heavy atom. The van der Waals surface area contributed by atoms with Gasteiger partial charge in [-0.3, -0.25) is 9.59 Å². The first-order valence-electron chi connectivity index (χ1n) is 9.02. The van der Waals surface area contributed by atoms with Gasteiger partial charge in [0, 0.05) is 22.9 Å². The zero-order chi connectivity index (χ0) is 20.6. The second-order valence-corrected chi connectivity index (χ2v) is 6.18. The van der Waals surface area contributed by atoms with Gasteiger partial charge in [0.1, 0.15) is 11.5 Å². The third-order valence-electron chi connectivity index (χ3n) is 4.29. The number of nitrogens with one attached hydrogen (secondary N) is 1. The van der Waals surface area contributed by atoms with Crippen molar-refractivity contribution in [3.63, 3.8) is 0 Å². The minimum atomic E-state index is -0.516. The lowest BCUT2D eigenvalue weighted by molar-refractivity contribution is -0.112. The molecule has 0 fully saturated rings. The van der Waals surface area contributed by atoms with Gasteiger partial charge in [0.15, 0.2) is 5.78 Å². The van der Waals surface area contributed by atoms with E-state index in [0.717, 1.165) is 0 Å². The van der Waals surface area contributed by atoms with Gasteiger partial charge in [0.2, 0.25) is 0 Å². The summed E-state index contributed by atoms with van der Waals surface area (Å²) in [5.74, 6) is 0.280. The minimum absolute atomic E-state index is 0.00326. The van der Waals surface area contributed by atoms with E-state index in [4.69, 9.17) is 9.47 Å². The van der Waals surface area contributed by atoms with Gasteiger partial charge >= 0.3 is 0 Å². The molecule has 0 saturated carbocycles. The molecule has 5 heteroatoms. The number of hydrogen-bond donors (Lipinski definition) is 1. The van der Waals surface area contributed by atoms with E-state index < -0.39 is 5.91 Å². The number of benzene rings is 3. The van der Waals surface area contributed by atoms with E-state index in [-0.39, 0.29) is 11.4 Å². The van der Waals surface area contributed by atoms with E-state index in [9.17, 15) is 9.59 Å². The zero-order valence-electron chi connectivity index (χ0n) is 16.2. The van der Waals surface area contributed by atoms with Gasteiger partial charge < -0.3 is 14.8 Å². The predicted octanol–water partition coefficient (Wildman–Crippen LogP) is 4.61. The van der Waals surface area contributed by atoms with E-state index in [1.807, 2.05) is 18.2 Å². The molecule has 0 saturated heterocycles. The number of rotatable bonds is 7. The topological polar surface area (TPSA) is 64.6 Å². The molecule has 0 aromatic heterocycles. The first kappa shape index (κ1) is 19.9. The van der Waals surface area contributed by atoms with Gasteiger partial charge in [-0.2, -0.15) is 0 Å². The van der Waals surface area contributed by atoms with Gasteiger partial charge in [-0.15, -0.1) is 0 Å². The van der Waals surface area contributed by atoms with Crippen molar-refractivity contribution in [2.75, 3.05) is 19.5 Å². The standard InChI is InChI=1S/C24H21NO4/c1-28-20-13-8-12-19(16-20)25-24(27)21(23(26)17-9-4-3-5-10-17)15-18-11-6-7-14-22(18)29-2/h3-16H,1-2H3,(H,25,27)/b21-15+. The van der Waals surface area contributed by atoms with Crippen molar-refractivity contribution < 1.29 is 19.1 Å². The number of para-hydroxylation sites is 1. The lowest BCUT2D eigenvalue weighted by Crippen LogP contribution is -2.20. The van der Waals surface area contributed by atoms with Crippen LogP contribution >= 0.6 is 0 Å². The summed E-state index contributed by atoms with van der Waals surface area (Å²) < 4.78 is 10.5. The molecule has 5 nitrogen and oxygen atoms in total. The van der Waals surface area contributed by atoms with E-state index in [1.54, 1.807) is 81.0 Å². The lowest BCUT2D eigenvalue weighted by atomic mass is 9.99. The molecule has 0 aliphatic heterocycles. The predicted molar refractivity (Wildman–Crippen MR) is 113 cm³/mol. The van der Waals surface area contributed by atoms with Gasteiger partial charge in [0.25, 0.3) is 5.91 Å². The molecule has 3 rings (SSSR count). The molecule has 0 bridgehead atoms. The van der Waals surface area contributed by atoms with Crippen LogP contribution in [0.2, 0.25) is 0 Å². The Hall–Kier alpha value is -3.86. The quantitative estimate of drug-likeness (QED) is 0.278. The molecule has 0 unspecified atom stereocenters. The molecule has 3 aromatic rings. The first-order chi connectivity index (χ1) is 14.1. The van der Waals surface area contributed by atoms with Crippen LogP contribution in [-0.4, -0.2) is 25.9 Å². The Kier molecular flexibility index (Phi) is 6.43. The lowest BCUT2D eigenvalue weighted by Gasteiger charge is -2.11. The number of carbonyl (C=O) groups is 2. The monoisotopic (exact) mass is 387 g/mol. The highest BCUT2D eigenvalue weighted by atomic mass is 16.5. The number of Topliss-reactive ketones (excluding diaryl/α,β-unsaturated/α-hetero) is 1. The van der Waals surface area contributed by atoms with Crippen LogP contribution in [0.25, 0.3) is 6.08 Å². The number of ketones is 1. The third-order valence-corrected chi connectivity index (χ3v) is 4.29. The van der Waals surface area contributed by atoms with Gasteiger partial charge in [-0.25, -0.2) is 0 Å². The van der Waals surface area contributed by atoms with Crippen molar-refractivity contribution >= 4 is 23.5 Å². The van der Waals surface area contributed by atoms with E-state index in [2.05, 4.69) is 5.32 Å². The van der Waals surface area contributed by atoms with Crippen LogP contribution in [0.5, 0.6) is 11.5 Å². The second-order valence-electron chi connectivity index (χ2n) is 6.18. The molecular weight excluding hydrogens is 366 g/mol. The first-order valence-corrected chi connectivity index (χ1v) is 9.02. The highest BCUT2D eigenvalue weighted by molar-refractivity contribution is 6.31. The number of methoxy groups -OCH3 is 2. The van der Waals surface area contributed by atoms with Crippen LogP contribution in [-0.2, 0) is 4.79 Å². The average Bonchev–Trinajstić information content (AvgIpc) is 2.77. The number of hydrogen-bond acceptors (Lipinski definition) is 4. The fraction of sp³-hybridized carbons (Fsp3) is 0.0833. The Balaban J connectivity index is 2.01. The summed E-state index contributed by atoms with van der Waals surface area (Å²) in [6.45, 7) is 0. The maximum atomic E-state index is 13.1. The van der Waals surface area contributed by atoms with Crippen LogP contribution in [0, 0.1) is 0 Å². The molecule has 0 aliphatic rings. The molecule has 146 valence electrons. The molecular formula is C24H21NO4. The Bertz CT molecular complexity index is 1040. The molecule has 0 radical (unpaired) electrons. The Labute approximate surface area is 169 Å². The largest absolute Gasteiger partial charge is 0.497 e. The maximum Gasteiger partial charge on any atom is 0.259 e. The van der Waals surface area contributed by atoms with Crippen molar-refractivity contribution in [2.45, 2.75) is 0 Å². The van der Waals surface area contributed by atoms with Crippen molar-refractivity contribution in [1.82, 2.24) is 0 Å². The summed E-state index contributed by atoms with van der Waals surface area (Å²) in [7, 11) is 3.09. The highest BCUT2D eigenvalue weighted by Crippen LogP contribution is 2.23. The minimum Gasteiger partial charge on any atom is -0.497 e. The highest BCUT2D eigenvalue weighted by Gasteiger charge is 2.21.